The molecule has 1 N–H and O–H groups in total. The van der Waals surface area contributed by atoms with Gasteiger partial charge in [-0.25, -0.2) is 0 Å². The smallest absolute Gasteiger partial charge is 0.193 e. The van der Waals surface area contributed by atoms with Gasteiger partial charge in [0.1, 0.15) is 0 Å². The zero-order valence-electron chi connectivity index (χ0n) is 14.8. The molecule has 1 aromatic heterocycles. The molecule has 0 aliphatic heterocycles. The van der Waals surface area contributed by atoms with Gasteiger partial charge in [-0.2, -0.15) is 0 Å². The third-order valence-electron chi connectivity index (χ3n) is 3.75. The number of nitrogens with zero attached hydrogens (tertiary/aromatic N) is 3. The van der Waals surface area contributed by atoms with Crippen LogP contribution in [0.2, 0.25) is 0 Å². The lowest BCUT2D eigenvalue weighted by Gasteiger charge is -2.22. The van der Waals surface area contributed by atoms with Gasteiger partial charge in [0.15, 0.2) is 5.96 Å². The molecule has 0 fully saturated rings. The Kier molecular flexibility index (Phi) is 9.13. The van der Waals surface area contributed by atoms with Crippen molar-refractivity contribution >= 4 is 47.0 Å². The first-order valence-electron chi connectivity index (χ1n) is 7.80. The van der Waals surface area contributed by atoms with Crippen molar-refractivity contribution in [3.05, 3.63) is 52.2 Å². The molecule has 1 aromatic carbocycles. The molecule has 0 saturated carbocycles. The van der Waals surface area contributed by atoms with Gasteiger partial charge in [-0.1, -0.05) is 18.2 Å². The monoisotopic (exact) mass is 458 g/mol. The summed E-state index contributed by atoms with van der Waals surface area (Å²) in [4.78, 5) is 10.1. The first-order chi connectivity index (χ1) is 11.1. The summed E-state index contributed by atoms with van der Waals surface area (Å²) in [6, 6.07) is 12.9. The van der Waals surface area contributed by atoms with E-state index in [9.17, 15) is 0 Å². The maximum atomic E-state index is 4.38. The van der Waals surface area contributed by atoms with Crippen LogP contribution in [0.3, 0.4) is 0 Å². The number of likely N-dealkylation sites (N-methyl/N-ethyl adjacent to an activating group) is 1. The average molecular weight is 458 g/mol. The van der Waals surface area contributed by atoms with Crippen molar-refractivity contribution in [1.82, 2.24) is 10.2 Å². The number of halogens is 1. The molecule has 24 heavy (non-hydrogen) atoms. The van der Waals surface area contributed by atoms with E-state index in [2.05, 4.69) is 83.0 Å². The van der Waals surface area contributed by atoms with Gasteiger partial charge < -0.3 is 15.1 Å². The minimum absolute atomic E-state index is 0. The molecule has 0 aliphatic carbocycles. The molecule has 1 heterocycles. The highest BCUT2D eigenvalue weighted by molar-refractivity contribution is 14.0. The zero-order valence-corrected chi connectivity index (χ0v) is 18.0. The van der Waals surface area contributed by atoms with Crippen molar-refractivity contribution in [2.45, 2.75) is 13.0 Å². The number of hydrogen-bond acceptors (Lipinski definition) is 3. The Morgan fingerprint density at radius 1 is 1.12 bits per heavy atom. The van der Waals surface area contributed by atoms with E-state index in [1.54, 1.807) is 0 Å². The molecule has 2 rings (SSSR count). The molecular weight excluding hydrogens is 431 g/mol. The zero-order chi connectivity index (χ0) is 16.7. The lowest BCUT2D eigenvalue weighted by atomic mass is 10.2. The Hall–Kier alpha value is -1.28. The van der Waals surface area contributed by atoms with Crippen LogP contribution in [0, 0.1) is 0 Å². The van der Waals surface area contributed by atoms with Crippen molar-refractivity contribution < 1.29 is 0 Å². The summed E-state index contributed by atoms with van der Waals surface area (Å²) in [6.07, 6.45) is 1.05. The first-order valence-corrected chi connectivity index (χ1v) is 8.68. The van der Waals surface area contributed by atoms with Crippen molar-refractivity contribution in [1.29, 1.82) is 0 Å². The van der Waals surface area contributed by atoms with Crippen LogP contribution in [0.1, 0.15) is 10.4 Å². The molecular formula is C18H27IN4S. The van der Waals surface area contributed by atoms with Gasteiger partial charge in [-0.15, -0.1) is 35.3 Å². The summed E-state index contributed by atoms with van der Waals surface area (Å²) in [6.45, 7) is 1.74. The summed E-state index contributed by atoms with van der Waals surface area (Å²) >= 11 is 1.81. The number of anilines is 1. The van der Waals surface area contributed by atoms with E-state index in [1.807, 2.05) is 18.4 Å². The van der Waals surface area contributed by atoms with Crippen LogP contribution in [0.25, 0.3) is 0 Å². The predicted molar refractivity (Wildman–Crippen MR) is 117 cm³/mol. The van der Waals surface area contributed by atoms with Gasteiger partial charge >= 0.3 is 0 Å². The number of aliphatic imine (C=N–C) groups is 1. The standard InChI is InChI=1S/C18H26N4S.HI/c1-19-18(22(4)12-11-17-6-5-13-23-17)20-14-15-7-9-16(10-8-15)21(2)3;/h5-10,13H,11-12,14H2,1-4H3,(H,19,20);1H. The second-order valence-electron chi connectivity index (χ2n) is 5.71. The predicted octanol–water partition coefficient (Wildman–Crippen LogP) is 3.68. The van der Waals surface area contributed by atoms with E-state index in [-0.39, 0.29) is 24.0 Å². The van der Waals surface area contributed by atoms with E-state index >= 15 is 0 Å². The number of rotatable bonds is 6. The molecule has 0 saturated heterocycles. The van der Waals surface area contributed by atoms with Crippen LogP contribution < -0.4 is 10.2 Å². The number of benzene rings is 1. The molecule has 0 atom stereocenters. The molecule has 0 spiro atoms. The van der Waals surface area contributed by atoms with Gasteiger partial charge in [0.25, 0.3) is 0 Å². The molecule has 0 unspecified atom stereocenters. The maximum absolute atomic E-state index is 4.38. The highest BCUT2D eigenvalue weighted by Gasteiger charge is 2.06. The van der Waals surface area contributed by atoms with Crippen molar-refractivity contribution in [3.63, 3.8) is 0 Å². The lowest BCUT2D eigenvalue weighted by Crippen LogP contribution is -2.39. The highest BCUT2D eigenvalue weighted by atomic mass is 127. The summed E-state index contributed by atoms with van der Waals surface area (Å²) in [5, 5.41) is 5.55. The third kappa shape index (κ3) is 6.32. The van der Waals surface area contributed by atoms with E-state index in [1.165, 1.54) is 16.1 Å². The van der Waals surface area contributed by atoms with Gasteiger partial charge in [-0.05, 0) is 35.6 Å². The second-order valence-corrected chi connectivity index (χ2v) is 6.74. The fourth-order valence-electron chi connectivity index (χ4n) is 2.32. The maximum Gasteiger partial charge on any atom is 0.193 e. The minimum atomic E-state index is 0. The summed E-state index contributed by atoms with van der Waals surface area (Å²) < 4.78 is 0. The summed E-state index contributed by atoms with van der Waals surface area (Å²) in [5.74, 6) is 0.929. The normalized spacial score (nSPS) is 10.9. The highest BCUT2D eigenvalue weighted by Crippen LogP contribution is 2.12. The first kappa shape index (κ1) is 20.8. The summed E-state index contributed by atoms with van der Waals surface area (Å²) in [7, 11) is 8.02. The SMILES string of the molecule is CN=C(NCc1ccc(N(C)C)cc1)N(C)CCc1cccs1.I. The van der Waals surface area contributed by atoms with Gasteiger partial charge in [-0.3, -0.25) is 4.99 Å². The van der Waals surface area contributed by atoms with E-state index < -0.39 is 0 Å². The largest absolute Gasteiger partial charge is 0.378 e. The molecule has 0 amide bonds. The Morgan fingerprint density at radius 2 is 1.83 bits per heavy atom. The van der Waals surface area contributed by atoms with Gasteiger partial charge in [0, 0.05) is 51.8 Å². The van der Waals surface area contributed by atoms with Crippen LogP contribution in [-0.2, 0) is 13.0 Å². The summed E-state index contributed by atoms with van der Waals surface area (Å²) in [5.41, 5.74) is 2.47. The van der Waals surface area contributed by atoms with Crippen LogP contribution in [0.4, 0.5) is 5.69 Å². The topological polar surface area (TPSA) is 30.9 Å². The van der Waals surface area contributed by atoms with Crippen LogP contribution in [-0.4, -0.2) is 45.6 Å². The molecule has 0 bridgehead atoms. The molecule has 4 nitrogen and oxygen atoms in total. The molecule has 0 radical (unpaired) electrons. The van der Waals surface area contributed by atoms with Crippen LogP contribution in [0.5, 0.6) is 0 Å². The average Bonchev–Trinajstić information content (AvgIpc) is 3.07. The van der Waals surface area contributed by atoms with E-state index in [0.717, 1.165) is 25.5 Å². The number of nitrogens with one attached hydrogen (secondary N) is 1. The lowest BCUT2D eigenvalue weighted by molar-refractivity contribution is 0.486. The minimum Gasteiger partial charge on any atom is -0.378 e. The Labute approximate surface area is 166 Å². The van der Waals surface area contributed by atoms with Crippen LogP contribution in [0.15, 0.2) is 46.8 Å². The Bertz CT molecular complexity index is 608. The van der Waals surface area contributed by atoms with Crippen molar-refractivity contribution in [3.8, 4) is 0 Å². The van der Waals surface area contributed by atoms with Crippen molar-refractivity contribution in [2.24, 2.45) is 4.99 Å². The molecule has 0 aliphatic rings. The fraction of sp³-hybridized carbons (Fsp3) is 0.389. The third-order valence-corrected chi connectivity index (χ3v) is 4.69. The number of guanidine groups is 1. The van der Waals surface area contributed by atoms with Crippen LogP contribution >= 0.6 is 35.3 Å². The fourth-order valence-corrected chi connectivity index (χ4v) is 3.01. The second kappa shape index (κ2) is 10.6. The Balaban J connectivity index is 0.00000288. The quantitative estimate of drug-likeness (QED) is 0.407. The van der Waals surface area contributed by atoms with Gasteiger partial charge in [0.05, 0.1) is 0 Å². The van der Waals surface area contributed by atoms with Gasteiger partial charge in [0.2, 0.25) is 0 Å². The van der Waals surface area contributed by atoms with E-state index in [0.29, 0.717) is 0 Å². The van der Waals surface area contributed by atoms with Crippen molar-refractivity contribution in [2.75, 3.05) is 39.6 Å². The Morgan fingerprint density at radius 3 is 2.38 bits per heavy atom. The number of thiophene rings is 1. The molecule has 6 heteroatoms. The van der Waals surface area contributed by atoms with E-state index in [4.69, 9.17) is 0 Å². The molecule has 132 valence electrons. The molecule has 2 aromatic rings. The number of hydrogen-bond donors (Lipinski definition) is 1.